The lowest BCUT2D eigenvalue weighted by atomic mass is 9.44. The lowest BCUT2D eigenvalue weighted by Crippen LogP contribution is -2.57. The standard InChI is InChI=1S/C21H31NO5/c1-20-7-5-12(22-27-11-19(25)26)9-16(20)17(23)10-13-14-3-4-18(24)21(14,2)8-6-15(13)20/h13-17,23H,3-11H2,1-2H3,(H,25,26)/b22-12+. The summed E-state index contributed by atoms with van der Waals surface area (Å²) in [6.07, 6.45) is 6.57. The first kappa shape index (κ1) is 18.9. The fraction of sp³-hybridized carbons (Fsp3) is 0.857. The highest BCUT2D eigenvalue weighted by Gasteiger charge is 2.61. The summed E-state index contributed by atoms with van der Waals surface area (Å²) in [6.45, 7) is 4.06. The van der Waals surface area contributed by atoms with Crippen molar-refractivity contribution in [3.05, 3.63) is 0 Å². The van der Waals surface area contributed by atoms with Crippen LogP contribution in [0.4, 0.5) is 0 Å². The highest BCUT2D eigenvalue weighted by Crippen LogP contribution is 2.65. The van der Waals surface area contributed by atoms with E-state index < -0.39 is 12.6 Å². The minimum atomic E-state index is -1.03. The first-order chi connectivity index (χ1) is 12.8. The van der Waals surface area contributed by atoms with E-state index in [4.69, 9.17) is 9.94 Å². The zero-order chi connectivity index (χ0) is 19.4. The van der Waals surface area contributed by atoms with E-state index in [1.165, 1.54) is 0 Å². The summed E-state index contributed by atoms with van der Waals surface area (Å²) in [5.74, 6) is 0.953. The number of fused-ring (bicyclic) bond motifs is 5. The van der Waals surface area contributed by atoms with Crippen LogP contribution >= 0.6 is 0 Å². The van der Waals surface area contributed by atoms with Gasteiger partial charge in [-0.1, -0.05) is 19.0 Å². The van der Waals surface area contributed by atoms with Crippen molar-refractivity contribution in [2.45, 2.75) is 71.3 Å². The number of carbonyl (C=O) groups excluding carboxylic acids is 1. The van der Waals surface area contributed by atoms with E-state index in [9.17, 15) is 14.7 Å². The molecule has 4 fully saturated rings. The van der Waals surface area contributed by atoms with Crippen molar-refractivity contribution in [1.29, 1.82) is 0 Å². The van der Waals surface area contributed by atoms with E-state index in [0.29, 0.717) is 36.4 Å². The van der Waals surface area contributed by atoms with E-state index in [1.807, 2.05) is 0 Å². The fourth-order valence-electron chi connectivity index (χ4n) is 7.13. The number of aliphatic hydroxyl groups is 1. The Bertz CT molecular complexity index is 675. The molecule has 2 N–H and O–H groups in total. The van der Waals surface area contributed by atoms with Gasteiger partial charge in [0, 0.05) is 11.8 Å². The van der Waals surface area contributed by atoms with Crippen LogP contribution in [0.25, 0.3) is 0 Å². The van der Waals surface area contributed by atoms with Crippen LogP contribution in [0.2, 0.25) is 0 Å². The van der Waals surface area contributed by atoms with E-state index in [-0.39, 0.29) is 22.9 Å². The Morgan fingerprint density at radius 2 is 1.96 bits per heavy atom. The summed E-state index contributed by atoms with van der Waals surface area (Å²) >= 11 is 0. The molecule has 7 unspecified atom stereocenters. The number of oxime groups is 1. The summed E-state index contributed by atoms with van der Waals surface area (Å²) in [6, 6.07) is 0. The number of carbonyl (C=O) groups is 2. The first-order valence-electron chi connectivity index (χ1n) is 10.4. The van der Waals surface area contributed by atoms with Crippen LogP contribution in [0.1, 0.15) is 65.2 Å². The van der Waals surface area contributed by atoms with Crippen molar-refractivity contribution in [3.63, 3.8) is 0 Å². The highest BCUT2D eigenvalue weighted by atomic mass is 16.6. The average Bonchev–Trinajstić information content (AvgIpc) is 2.91. The third kappa shape index (κ3) is 2.91. The number of aliphatic carboxylic acids is 1. The van der Waals surface area contributed by atoms with Crippen molar-refractivity contribution in [1.82, 2.24) is 0 Å². The molecule has 0 bridgehead atoms. The molecule has 4 saturated carbocycles. The number of hydrogen-bond acceptors (Lipinski definition) is 5. The molecule has 0 aromatic heterocycles. The Hall–Kier alpha value is -1.43. The Kier molecular flexibility index (Phi) is 4.60. The summed E-state index contributed by atoms with van der Waals surface area (Å²) in [7, 11) is 0. The van der Waals surface area contributed by atoms with Crippen LogP contribution in [0.15, 0.2) is 5.16 Å². The molecule has 0 heterocycles. The molecule has 0 aliphatic heterocycles. The lowest BCUT2D eigenvalue weighted by molar-refractivity contribution is -0.153. The van der Waals surface area contributed by atoms with Gasteiger partial charge < -0.3 is 15.1 Å². The molecule has 4 aliphatic rings. The Labute approximate surface area is 160 Å². The van der Waals surface area contributed by atoms with Gasteiger partial charge in [0.05, 0.1) is 11.8 Å². The van der Waals surface area contributed by atoms with Gasteiger partial charge in [-0.05, 0) is 74.0 Å². The van der Waals surface area contributed by atoms with Crippen LogP contribution in [0.5, 0.6) is 0 Å². The van der Waals surface area contributed by atoms with Gasteiger partial charge >= 0.3 is 5.97 Å². The average molecular weight is 377 g/mol. The molecule has 150 valence electrons. The second-order valence-corrected chi connectivity index (χ2v) is 9.74. The zero-order valence-corrected chi connectivity index (χ0v) is 16.3. The fourth-order valence-corrected chi connectivity index (χ4v) is 7.13. The Morgan fingerprint density at radius 1 is 1.19 bits per heavy atom. The topological polar surface area (TPSA) is 96.2 Å². The minimum Gasteiger partial charge on any atom is -0.479 e. The highest BCUT2D eigenvalue weighted by molar-refractivity contribution is 5.87. The molecule has 0 radical (unpaired) electrons. The number of hydrogen-bond donors (Lipinski definition) is 2. The molecule has 0 amide bonds. The molecule has 0 aromatic carbocycles. The molecule has 0 aromatic rings. The van der Waals surface area contributed by atoms with Crippen molar-refractivity contribution < 1.29 is 24.6 Å². The normalized spacial score (nSPS) is 47.9. The number of carboxylic acids is 1. The van der Waals surface area contributed by atoms with Crippen LogP contribution < -0.4 is 0 Å². The predicted molar refractivity (Wildman–Crippen MR) is 99.1 cm³/mol. The SMILES string of the molecule is CC12CCC3C(CC(O)C4C/C(=N/OCC(=O)O)CCC43C)C1CCC2=O. The maximum Gasteiger partial charge on any atom is 0.344 e. The van der Waals surface area contributed by atoms with Crippen molar-refractivity contribution in [2.24, 2.45) is 39.7 Å². The third-order valence-electron chi connectivity index (χ3n) is 8.61. The van der Waals surface area contributed by atoms with Crippen molar-refractivity contribution in [2.75, 3.05) is 6.61 Å². The second-order valence-electron chi connectivity index (χ2n) is 9.74. The lowest BCUT2D eigenvalue weighted by Gasteiger charge is -2.60. The monoisotopic (exact) mass is 377 g/mol. The number of rotatable bonds is 3. The summed E-state index contributed by atoms with van der Waals surface area (Å²) in [5.41, 5.74) is 0.755. The van der Waals surface area contributed by atoms with Crippen molar-refractivity contribution in [3.8, 4) is 0 Å². The van der Waals surface area contributed by atoms with Gasteiger partial charge in [-0.3, -0.25) is 4.79 Å². The molecule has 6 heteroatoms. The Morgan fingerprint density at radius 3 is 2.70 bits per heavy atom. The number of Topliss-reactive ketones (excluding diaryl/α,β-unsaturated/α-hetero) is 1. The van der Waals surface area contributed by atoms with Gasteiger partial charge in [0.2, 0.25) is 6.61 Å². The van der Waals surface area contributed by atoms with E-state index in [2.05, 4.69) is 19.0 Å². The number of carboxylic acid groups (broad SMARTS) is 1. The van der Waals surface area contributed by atoms with Gasteiger partial charge in [0.15, 0.2) is 0 Å². The molecule has 6 nitrogen and oxygen atoms in total. The van der Waals surface area contributed by atoms with Crippen LogP contribution in [-0.4, -0.2) is 40.4 Å². The molecule has 4 rings (SSSR count). The van der Waals surface area contributed by atoms with E-state index in [1.54, 1.807) is 0 Å². The van der Waals surface area contributed by atoms with E-state index in [0.717, 1.165) is 44.2 Å². The molecule has 0 saturated heterocycles. The van der Waals surface area contributed by atoms with Crippen LogP contribution in [-0.2, 0) is 14.4 Å². The molecule has 4 aliphatic carbocycles. The molecular formula is C21H31NO5. The van der Waals surface area contributed by atoms with Crippen molar-refractivity contribution >= 4 is 17.5 Å². The van der Waals surface area contributed by atoms with Gasteiger partial charge in [-0.15, -0.1) is 0 Å². The maximum absolute atomic E-state index is 12.5. The number of aliphatic hydroxyl groups excluding tert-OH is 1. The zero-order valence-electron chi connectivity index (χ0n) is 16.3. The van der Waals surface area contributed by atoms with Crippen LogP contribution in [0.3, 0.4) is 0 Å². The maximum atomic E-state index is 12.5. The van der Waals surface area contributed by atoms with Gasteiger partial charge in [-0.2, -0.15) is 0 Å². The van der Waals surface area contributed by atoms with Gasteiger partial charge in [0.25, 0.3) is 0 Å². The second kappa shape index (κ2) is 6.57. The summed E-state index contributed by atoms with van der Waals surface area (Å²) in [5, 5.41) is 23.8. The minimum absolute atomic E-state index is 0.0567. The predicted octanol–water partition coefficient (Wildman–Crippen LogP) is 3.03. The number of nitrogens with zero attached hydrogens (tertiary/aromatic N) is 1. The molecule has 0 spiro atoms. The Balaban J connectivity index is 1.54. The molecular weight excluding hydrogens is 346 g/mol. The van der Waals surface area contributed by atoms with Crippen LogP contribution in [0, 0.1) is 34.5 Å². The van der Waals surface area contributed by atoms with Gasteiger partial charge in [-0.25, -0.2) is 4.79 Å². The summed E-state index contributed by atoms with van der Waals surface area (Å²) < 4.78 is 0. The first-order valence-corrected chi connectivity index (χ1v) is 10.4. The largest absolute Gasteiger partial charge is 0.479 e. The third-order valence-corrected chi connectivity index (χ3v) is 8.61. The van der Waals surface area contributed by atoms with Gasteiger partial charge in [0.1, 0.15) is 5.78 Å². The quantitative estimate of drug-likeness (QED) is 0.737. The smallest absolute Gasteiger partial charge is 0.344 e. The molecule has 27 heavy (non-hydrogen) atoms. The number of ketones is 1. The molecule has 7 atom stereocenters. The summed E-state index contributed by atoms with van der Waals surface area (Å²) in [4.78, 5) is 28.1. The van der Waals surface area contributed by atoms with E-state index >= 15 is 0 Å².